The molecule has 2 fully saturated rings. The molecule has 4 unspecified atom stereocenters. The molecular weight excluding hydrogens is 538 g/mol. The van der Waals surface area contributed by atoms with Crippen LogP contribution in [0.2, 0.25) is 0 Å². The second-order valence-corrected chi connectivity index (χ2v) is 12.9. The molecule has 6 nitrogen and oxygen atoms in total. The SMILES string of the molecule is C=C1C2C(CO)CC(C(=O)CCc3cccc(-c4cc(O)cc(CNCCCc5ccccc5)c4)c3)(C1(C)C)C2(O)OC. The molecule has 5 rings (SSSR count). The quantitative estimate of drug-likeness (QED) is 0.115. The third-order valence-electron chi connectivity index (χ3n) is 10.2. The zero-order valence-electron chi connectivity index (χ0n) is 25.6. The van der Waals surface area contributed by atoms with Gasteiger partial charge in [0.25, 0.3) is 0 Å². The lowest BCUT2D eigenvalue weighted by Gasteiger charge is -2.46. The van der Waals surface area contributed by atoms with E-state index in [1.807, 2.05) is 38.1 Å². The molecule has 2 bridgehead atoms. The molecule has 228 valence electrons. The Morgan fingerprint density at radius 3 is 2.42 bits per heavy atom. The number of Topliss-reactive ketones (excluding diaryl/α,β-unsaturated/α-hetero) is 1. The van der Waals surface area contributed by atoms with E-state index in [0.717, 1.165) is 47.2 Å². The van der Waals surface area contributed by atoms with Gasteiger partial charge in [-0.15, -0.1) is 0 Å². The second-order valence-electron chi connectivity index (χ2n) is 12.9. The van der Waals surface area contributed by atoms with Gasteiger partial charge in [-0.05, 0) is 84.2 Å². The molecule has 0 spiro atoms. The maximum atomic E-state index is 14.1. The summed E-state index contributed by atoms with van der Waals surface area (Å²) >= 11 is 0. The van der Waals surface area contributed by atoms with Crippen LogP contribution in [0.25, 0.3) is 11.1 Å². The molecular formula is C37H45NO5. The molecule has 4 N–H and O–H groups in total. The maximum absolute atomic E-state index is 14.1. The predicted molar refractivity (Wildman–Crippen MR) is 169 cm³/mol. The summed E-state index contributed by atoms with van der Waals surface area (Å²) in [6.45, 7) is 9.58. The van der Waals surface area contributed by atoms with Crippen LogP contribution in [0.3, 0.4) is 0 Å². The van der Waals surface area contributed by atoms with Crippen LogP contribution in [-0.4, -0.2) is 47.2 Å². The standard InChI is InChI=1S/C37H45NO5/c1-25-34-31(24-39)22-36(35(25,2)3,37(34,42)43-4)33(41)16-15-27-12-8-14-29(18-27)30-19-28(20-32(40)21-30)23-38-17-9-13-26-10-6-5-7-11-26/h5-8,10-12,14,18-21,31,34,38-40,42H,1,9,13,15-17,22-24H2,2-4H3. The molecule has 0 radical (unpaired) electrons. The van der Waals surface area contributed by atoms with Gasteiger partial charge < -0.3 is 25.4 Å². The van der Waals surface area contributed by atoms with Crippen molar-refractivity contribution in [2.24, 2.45) is 22.7 Å². The van der Waals surface area contributed by atoms with Crippen molar-refractivity contribution in [2.75, 3.05) is 20.3 Å². The minimum Gasteiger partial charge on any atom is -0.508 e. The number of fused-ring (bicyclic) bond motifs is 2. The molecule has 3 aromatic carbocycles. The number of aliphatic hydroxyl groups is 2. The van der Waals surface area contributed by atoms with Gasteiger partial charge in [0.1, 0.15) is 11.5 Å². The number of hydrogen-bond acceptors (Lipinski definition) is 6. The van der Waals surface area contributed by atoms with Crippen molar-refractivity contribution in [3.05, 3.63) is 102 Å². The molecule has 4 atom stereocenters. The molecule has 0 heterocycles. The first kappa shape index (κ1) is 31.1. The molecule has 2 aliphatic carbocycles. The number of rotatable bonds is 13. The van der Waals surface area contributed by atoms with Gasteiger partial charge in [-0.25, -0.2) is 0 Å². The predicted octanol–water partition coefficient (Wildman–Crippen LogP) is 5.83. The molecule has 2 aliphatic rings. The topological polar surface area (TPSA) is 99.0 Å². The lowest BCUT2D eigenvalue weighted by atomic mass is 9.58. The summed E-state index contributed by atoms with van der Waals surface area (Å²) in [4.78, 5) is 14.1. The highest BCUT2D eigenvalue weighted by Crippen LogP contribution is 2.73. The number of carbonyl (C=O) groups is 1. The number of aromatic hydroxyl groups is 1. The minimum absolute atomic E-state index is 0.0650. The molecule has 43 heavy (non-hydrogen) atoms. The van der Waals surface area contributed by atoms with Crippen molar-refractivity contribution in [2.45, 2.75) is 58.3 Å². The number of ether oxygens (including phenoxy) is 1. The summed E-state index contributed by atoms with van der Waals surface area (Å²) in [5, 5.41) is 35.8. The van der Waals surface area contributed by atoms with Gasteiger partial charge in [0.05, 0.1) is 5.41 Å². The fourth-order valence-electron chi connectivity index (χ4n) is 7.88. The number of carbonyl (C=O) groups excluding carboxylic acids is 1. The molecule has 6 heteroatoms. The van der Waals surface area contributed by atoms with E-state index in [0.29, 0.717) is 19.4 Å². The van der Waals surface area contributed by atoms with E-state index in [2.05, 4.69) is 48.3 Å². The van der Waals surface area contributed by atoms with E-state index in [1.165, 1.54) is 12.7 Å². The van der Waals surface area contributed by atoms with Crippen molar-refractivity contribution in [3.63, 3.8) is 0 Å². The smallest absolute Gasteiger partial charge is 0.185 e. The van der Waals surface area contributed by atoms with Gasteiger partial charge in [-0.1, -0.05) is 80.6 Å². The summed E-state index contributed by atoms with van der Waals surface area (Å²) in [5.41, 5.74) is 4.15. The van der Waals surface area contributed by atoms with E-state index in [1.54, 1.807) is 12.1 Å². The molecule has 0 amide bonds. The summed E-state index contributed by atoms with van der Waals surface area (Å²) in [6, 6.07) is 24.1. The number of aliphatic hydroxyl groups excluding tert-OH is 1. The normalized spacial score (nSPS) is 25.7. The Kier molecular flexibility index (Phi) is 8.96. The first-order valence-corrected chi connectivity index (χ1v) is 15.3. The van der Waals surface area contributed by atoms with Gasteiger partial charge in [-0.2, -0.15) is 0 Å². The van der Waals surface area contributed by atoms with Crippen molar-refractivity contribution in [1.29, 1.82) is 0 Å². The minimum atomic E-state index is -1.69. The van der Waals surface area contributed by atoms with E-state index in [9.17, 15) is 20.1 Å². The fourth-order valence-corrected chi connectivity index (χ4v) is 7.88. The highest BCUT2D eigenvalue weighted by molar-refractivity contribution is 5.89. The Hall–Kier alpha value is -3.29. The lowest BCUT2D eigenvalue weighted by Crippen LogP contribution is -2.55. The number of phenols is 1. The maximum Gasteiger partial charge on any atom is 0.185 e. The Morgan fingerprint density at radius 1 is 0.977 bits per heavy atom. The van der Waals surface area contributed by atoms with Crippen LogP contribution >= 0.6 is 0 Å². The summed E-state index contributed by atoms with van der Waals surface area (Å²) in [7, 11) is 1.44. The van der Waals surface area contributed by atoms with Gasteiger partial charge in [-0.3, -0.25) is 4.79 Å². The van der Waals surface area contributed by atoms with Crippen LogP contribution in [0, 0.1) is 22.7 Å². The molecule has 0 aromatic heterocycles. The van der Waals surface area contributed by atoms with E-state index in [-0.39, 0.29) is 30.5 Å². The molecule has 2 saturated carbocycles. The number of phenolic OH excluding ortho intramolecular Hbond substituents is 1. The number of methoxy groups -OCH3 is 1. The highest BCUT2D eigenvalue weighted by atomic mass is 16.6. The Morgan fingerprint density at radius 2 is 1.70 bits per heavy atom. The lowest BCUT2D eigenvalue weighted by molar-refractivity contribution is -0.253. The van der Waals surface area contributed by atoms with Gasteiger partial charge >= 0.3 is 0 Å². The van der Waals surface area contributed by atoms with E-state index >= 15 is 0 Å². The van der Waals surface area contributed by atoms with E-state index in [4.69, 9.17) is 4.74 Å². The van der Waals surface area contributed by atoms with Crippen LogP contribution in [0.4, 0.5) is 0 Å². The van der Waals surface area contributed by atoms with Gasteiger partial charge in [0.15, 0.2) is 5.79 Å². The van der Waals surface area contributed by atoms with Gasteiger partial charge in [0, 0.05) is 38.0 Å². The third-order valence-corrected chi connectivity index (χ3v) is 10.2. The Balaban J connectivity index is 1.26. The molecule has 3 aromatic rings. The first-order chi connectivity index (χ1) is 20.6. The summed E-state index contributed by atoms with van der Waals surface area (Å²) < 4.78 is 5.70. The number of aryl methyl sites for hydroxylation is 2. The Bertz CT molecular complexity index is 1470. The second kappa shape index (κ2) is 12.4. The first-order valence-electron chi connectivity index (χ1n) is 15.3. The summed E-state index contributed by atoms with van der Waals surface area (Å²) in [5.74, 6) is -2.29. The number of nitrogens with one attached hydrogen (secondary N) is 1. The Labute approximate surface area is 255 Å². The average Bonchev–Trinajstić information content (AvgIpc) is 3.35. The van der Waals surface area contributed by atoms with Crippen LogP contribution < -0.4 is 5.32 Å². The fraction of sp³-hybridized carbons (Fsp3) is 0.432. The van der Waals surface area contributed by atoms with Crippen molar-refractivity contribution >= 4 is 5.78 Å². The van der Waals surface area contributed by atoms with Crippen molar-refractivity contribution in [1.82, 2.24) is 5.32 Å². The highest BCUT2D eigenvalue weighted by Gasteiger charge is 2.79. The number of ketones is 1. The number of hydrogen-bond donors (Lipinski definition) is 4. The zero-order chi connectivity index (χ0) is 30.8. The monoisotopic (exact) mass is 583 g/mol. The van der Waals surface area contributed by atoms with Crippen LogP contribution in [0.15, 0.2) is 84.9 Å². The number of benzene rings is 3. The van der Waals surface area contributed by atoms with Crippen LogP contribution in [0.5, 0.6) is 5.75 Å². The van der Waals surface area contributed by atoms with Gasteiger partial charge in [0.2, 0.25) is 0 Å². The third kappa shape index (κ3) is 5.46. The van der Waals surface area contributed by atoms with Crippen LogP contribution in [-0.2, 0) is 28.9 Å². The largest absolute Gasteiger partial charge is 0.508 e. The van der Waals surface area contributed by atoms with E-state index < -0.39 is 22.5 Å². The van der Waals surface area contributed by atoms with Crippen molar-refractivity contribution < 1.29 is 24.9 Å². The summed E-state index contributed by atoms with van der Waals surface area (Å²) in [6.07, 6.45) is 3.16. The molecule has 0 saturated heterocycles. The molecule has 0 aliphatic heterocycles. The van der Waals surface area contributed by atoms with Crippen molar-refractivity contribution in [3.8, 4) is 16.9 Å². The average molecular weight is 584 g/mol. The van der Waals surface area contributed by atoms with Crippen LogP contribution in [0.1, 0.15) is 49.8 Å². The zero-order valence-corrected chi connectivity index (χ0v) is 25.6.